The molecule has 2 aromatic heterocycles. The van der Waals surface area contributed by atoms with Crippen molar-refractivity contribution in [3.8, 4) is 0 Å². The molecule has 0 saturated carbocycles. The number of pyridine rings is 1. The summed E-state index contributed by atoms with van der Waals surface area (Å²) in [6, 6.07) is 7.92. The molecule has 5 nitrogen and oxygen atoms in total. The molecule has 1 amide bonds. The second kappa shape index (κ2) is 7.62. The molecule has 3 heterocycles. The number of carbonyl (C=O) groups excluding carboxylic acids is 1. The van der Waals surface area contributed by atoms with Crippen LogP contribution in [0, 0.1) is 0 Å². The average Bonchev–Trinajstić information content (AvgIpc) is 3.13. The largest absolute Gasteiger partial charge is 0.467 e. The van der Waals surface area contributed by atoms with Crippen LogP contribution < -0.4 is 0 Å². The molecule has 0 spiro atoms. The van der Waals surface area contributed by atoms with E-state index in [9.17, 15) is 4.79 Å². The fraction of sp³-hybridized carbons (Fsp3) is 0.474. The number of piperidine rings is 1. The van der Waals surface area contributed by atoms with Crippen LogP contribution in [0.3, 0.4) is 0 Å². The van der Waals surface area contributed by atoms with Gasteiger partial charge in [-0.15, -0.1) is 0 Å². The van der Waals surface area contributed by atoms with Gasteiger partial charge in [0.1, 0.15) is 5.76 Å². The van der Waals surface area contributed by atoms with Crippen molar-refractivity contribution in [3.05, 3.63) is 54.2 Å². The molecular formula is C19H25N3O2. The summed E-state index contributed by atoms with van der Waals surface area (Å²) in [5.74, 6) is 0.780. The Labute approximate surface area is 143 Å². The quantitative estimate of drug-likeness (QED) is 0.847. The van der Waals surface area contributed by atoms with Crippen molar-refractivity contribution in [2.45, 2.75) is 38.3 Å². The molecule has 0 aliphatic carbocycles. The standard InChI is InChI=1S/C19H25N3O2/c1-15(16-5-3-9-20-13-16)19(23)22(14-18-6-4-12-24-18)17-7-10-21(2)11-8-17/h3-6,9,12-13,15,17H,7-8,10-11,14H2,1-2H3. The second-order valence-corrected chi connectivity index (χ2v) is 6.59. The van der Waals surface area contributed by atoms with E-state index in [4.69, 9.17) is 4.42 Å². The van der Waals surface area contributed by atoms with Crippen molar-refractivity contribution in [1.29, 1.82) is 0 Å². The van der Waals surface area contributed by atoms with E-state index in [0.29, 0.717) is 6.54 Å². The van der Waals surface area contributed by atoms with Crippen LogP contribution in [0.1, 0.15) is 37.0 Å². The monoisotopic (exact) mass is 327 g/mol. The highest BCUT2D eigenvalue weighted by Crippen LogP contribution is 2.24. The number of hydrogen-bond donors (Lipinski definition) is 0. The zero-order chi connectivity index (χ0) is 16.9. The van der Waals surface area contributed by atoms with E-state index in [1.165, 1.54) is 0 Å². The first-order valence-corrected chi connectivity index (χ1v) is 8.56. The lowest BCUT2D eigenvalue weighted by Gasteiger charge is -2.38. The summed E-state index contributed by atoms with van der Waals surface area (Å²) < 4.78 is 5.49. The van der Waals surface area contributed by atoms with Gasteiger partial charge in [-0.25, -0.2) is 0 Å². The maximum Gasteiger partial charge on any atom is 0.230 e. The van der Waals surface area contributed by atoms with Crippen LogP contribution in [0.25, 0.3) is 0 Å². The fourth-order valence-electron chi connectivity index (χ4n) is 3.29. The Balaban J connectivity index is 1.79. The number of amides is 1. The summed E-state index contributed by atoms with van der Waals surface area (Å²) in [7, 11) is 2.13. The van der Waals surface area contributed by atoms with Crippen molar-refractivity contribution in [2.24, 2.45) is 0 Å². The summed E-state index contributed by atoms with van der Waals surface area (Å²) >= 11 is 0. The van der Waals surface area contributed by atoms with Crippen molar-refractivity contribution >= 4 is 5.91 Å². The summed E-state index contributed by atoms with van der Waals surface area (Å²) in [6.45, 7) is 4.54. The number of likely N-dealkylation sites (tertiary alicyclic amines) is 1. The van der Waals surface area contributed by atoms with Gasteiger partial charge < -0.3 is 14.2 Å². The Morgan fingerprint density at radius 1 is 1.38 bits per heavy atom. The van der Waals surface area contributed by atoms with Gasteiger partial charge in [-0.1, -0.05) is 6.07 Å². The van der Waals surface area contributed by atoms with E-state index < -0.39 is 0 Å². The van der Waals surface area contributed by atoms with E-state index in [2.05, 4.69) is 16.9 Å². The van der Waals surface area contributed by atoms with Crippen LogP contribution in [-0.4, -0.2) is 46.9 Å². The summed E-state index contributed by atoms with van der Waals surface area (Å²) in [5.41, 5.74) is 0.958. The Hall–Kier alpha value is -2.14. The minimum absolute atomic E-state index is 0.147. The molecule has 1 aliphatic rings. The van der Waals surface area contributed by atoms with Crippen molar-refractivity contribution in [1.82, 2.24) is 14.8 Å². The highest BCUT2D eigenvalue weighted by atomic mass is 16.3. The molecule has 3 rings (SSSR count). The molecular weight excluding hydrogens is 302 g/mol. The molecule has 1 fully saturated rings. The SMILES string of the molecule is CC(C(=O)N(Cc1ccco1)C1CCN(C)CC1)c1cccnc1. The third-order valence-electron chi connectivity index (χ3n) is 4.87. The first-order chi connectivity index (χ1) is 11.6. The molecule has 1 atom stereocenters. The maximum atomic E-state index is 13.2. The van der Waals surface area contributed by atoms with E-state index in [0.717, 1.165) is 37.3 Å². The normalized spacial score (nSPS) is 17.6. The summed E-state index contributed by atoms with van der Waals surface area (Å²) in [5, 5.41) is 0. The first-order valence-electron chi connectivity index (χ1n) is 8.56. The van der Waals surface area contributed by atoms with Gasteiger partial charge in [0.25, 0.3) is 0 Å². The molecule has 5 heteroatoms. The summed E-state index contributed by atoms with van der Waals surface area (Å²) in [6.07, 6.45) is 7.18. The highest BCUT2D eigenvalue weighted by Gasteiger charge is 2.31. The lowest BCUT2D eigenvalue weighted by molar-refractivity contribution is -0.136. The van der Waals surface area contributed by atoms with Crippen LogP contribution in [0.2, 0.25) is 0 Å². The Kier molecular flexibility index (Phi) is 5.30. The molecule has 0 N–H and O–H groups in total. The summed E-state index contributed by atoms with van der Waals surface area (Å²) in [4.78, 5) is 21.7. The van der Waals surface area contributed by atoms with E-state index in [1.54, 1.807) is 18.7 Å². The van der Waals surface area contributed by atoms with Crippen LogP contribution >= 0.6 is 0 Å². The molecule has 128 valence electrons. The maximum absolute atomic E-state index is 13.2. The molecule has 24 heavy (non-hydrogen) atoms. The fourth-order valence-corrected chi connectivity index (χ4v) is 3.29. The van der Waals surface area contributed by atoms with Crippen LogP contribution in [-0.2, 0) is 11.3 Å². The predicted octanol–water partition coefficient (Wildman–Crippen LogP) is 2.90. The number of rotatable bonds is 5. The lowest BCUT2D eigenvalue weighted by atomic mass is 9.97. The van der Waals surface area contributed by atoms with Crippen LogP contribution in [0.15, 0.2) is 47.3 Å². The van der Waals surface area contributed by atoms with Crippen molar-refractivity contribution in [2.75, 3.05) is 20.1 Å². The minimum atomic E-state index is -0.201. The van der Waals surface area contributed by atoms with E-state index >= 15 is 0 Å². The third kappa shape index (κ3) is 3.85. The predicted molar refractivity (Wildman–Crippen MR) is 92.4 cm³/mol. The van der Waals surface area contributed by atoms with Gasteiger partial charge in [0.15, 0.2) is 0 Å². The van der Waals surface area contributed by atoms with Crippen LogP contribution in [0.5, 0.6) is 0 Å². The number of carbonyl (C=O) groups is 1. The molecule has 0 radical (unpaired) electrons. The number of hydrogen-bond acceptors (Lipinski definition) is 4. The van der Waals surface area contributed by atoms with Gasteiger partial charge in [-0.2, -0.15) is 0 Å². The zero-order valence-corrected chi connectivity index (χ0v) is 14.4. The number of aromatic nitrogens is 1. The van der Waals surface area contributed by atoms with Crippen molar-refractivity contribution in [3.63, 3.8) is 0 Å². The number of furan rings is 1. The van der Waals surface area contributed by atoms with E-state index in [1.807, 2.05) is 36.1 Å². The Bertz CT molecular complexity index is 634. The van der Waals surface area contributed by atoms with Gasteiger partial charge in [-0.3, -0.25) is 9.78 Å². The highest BCUT2D eigenvalue weighted by molar-refractivity contribution is 5.83. The first kappa shape index (κ1) is 16.7. The second-order valence-electron chi connectivity index (χ2n) is 6.59. The van der Waals surface area contributed by atoms with E-state index in [-0.39, 0.29) is 17.9 Å². The molecule has 0 aromatic carbocycles. The van der Waals surface area contributed by atoms with Crippen LogP contribution in [0.4, 0.5) is 0 Å². The Morgan fingerprint density at radius 2 is 2.17 bits per heavy atom. The zero-order valence-electron chi connectivity index (χ0n) is 14.4. The van der Waals surface area contributed by atoms with Gasteiger partial charge >= 0.3 is 0 Å². The lowest BCUT2D eigenvalue weighted by Crippen LogP contribution is -2.47. The minimum Gasteiger partial charge on any atom is -0.467 e. The number of nitrogens with zero attached hydrogens (tertiary/aromatic N) is 3. The molecule has 1 unspecified atom stereocenters. The van der Waals surface area contributed by atoms with Gasteiger partial charge in [0.2, 0.25) is 5.91 Å². The van der Waals surface area contributed by atoms with Crippen molar-refractivity contribution < 1.29 is 9.21 Å². The molecule has 0 bridgehead atoms. The van der Waals surface area contributed by atoms with Gasteiger partial charge in [0.05, 0.1) is 18.7 Å². The van der Waals surface area contributed by atoms with Gasteiger partial charge in [-0.05, 0) is 63.7 Å². The topological polar surface area (TPSA) is 49.6 Å². The Morgan fingerprint density at radius 3 is 2.79 bits per heavy atom. The molecule has 2 aromatic rings. The smallest absolute Gasteiger partial charge is 0.230 e. The molecule has 1 saturated heterocycles. The average molecular weight is 327 g/mol. The third-order valence-corrected chi connectivity index (χ3v) is 4.87. The van der Waals surface area contributed by atoms with Gasteiger partial charge in [0, 0.05) is 18.4 Å². The molecule has 1 aliphatic heterocycles.